The quantitative estimate of drug-likeness (QED) is 0.421. The van der Waals surface area contributed by atoms with Gasteiger partial charge in [-0.25, -0.2) is 9.97 Å². The summed E-state index contributed by atoms with van der Waals surface area (Å²) in [5.41, 5.74) is 2.31. The van der Waals surface area contributed by atoms with Crippen molar-refractivity contribution in [1.82, 2.24) is 14.9 Å². The highest BCUT2D eigenvalue weighted by Gasteiger charge is 2.17. The van der Waals surface area contributed by atoms with E-state index in [2.05, 4.69) is 23.8 Å². The van der Waals surface area contributed by atoms with Gasteiger partial charge in [0, 0.05) is 30.5 Å². The molecule has 0 unspecified atom stereocenters. The first kappa shape index (κ1) is 19.8. The first-order chi connectivity index (χ1) is 13.1. The molecule has 2 heterocycles. The van der Waals surface area contributed by atoms with Gasteiger partial charge in [0.05, 0.1) is 12.4 Å². The zero-order valence-electron chi connectivity index (χ0n) is 15.8. The molecule has 0 radical (unpaired) electrons. The van der Waals surface area contributed by atoms with E-state index >= 15 is 0 Å². The summed E-state index contributed by atoms with van der Waals surface area (Å²) in [7, 11) is 1.65. The number of amides is 1. The van der Waals surface area contributed by atoms with Crippen molar-refractivity contribution >= 4 is 39.2 Å². The normalized spacial score (nSPS) is 11.1. The lowest BCUT2D eigenvalue weighted by Crippen LogP contribution is -2.34. The molecule has 3 aromatic rings. The molecule has 0 aliphatic carbocycles. The molecule has 0 spiro atoms. The Hall–Kier alpha value is -1.96. The van der Waals surface area contributed by atoms with Crippen LogP contribution in [-0.2, 0) is 16.1 Å². The summed E-state index contributed by atoms with van der Waals surface area (Å²) in [4.78, 5) is 25.7. The van der Waals surface area contributed by atoms with Gasteiger partial charge in [0.2, 0.25) is 5.91 Å². The van der Waals surface area contributed by atoms with Gasteiger partial charge >= 0.3 is 0 Å². The molecule has 0 aliphatic heterocycles. The Bertz CT molecular complexity index is 912. The van der Waals surface area contributed by atoms with Crippen molar-refractivity contribution in [2.45, 2.75) is 25.4 Å². The van der Waals surface area contributed by atoms with Crippen LogP contribution in [0.5, 0.6) is 0 Å². The largest absolute Gasteiger partial charge is 0.383 e. The predicted octanol–water partition coefficient (Wildman–Crippen LogP) is 4.08. The van der Waals surface area contributed by atoms with Crippen molar-refractivity contribution in [3.8, 4) is 0 Å². The van der Waals surface area contributed by atoms with Crippen LogP contribution in [0.1, 0.15) is 16.0 Å². The number of carbonyl (C=O) groups is 1. The van der Waals surface area contributed by atoms with Crippen LogP contribution >= 0.6 is 23.1 Å². The van der Waals surface area contributed by atoms with Crippen LogP contribution < -0.4 is 0 Å². The molecular formula is C20H23N3O2S2. The van der Waals surface area contributed by atoms with Gasteiger partial charge in [0.1, 0.15) is 16.2 Å². The van der Waals surface area contributed by atoms with Gasteiger partial charge in [0.15, 0.2) is 0 Å². The molecule has 27 heavy (non-hydrogen) atoms. The van der Waals surface area contributed by atoms with Crippen molar-refractivity contribution < 1.29 is 9.53 Å². The second kappa shape index (κ2) is 9.30. The SMILES string of the molecule is COCCN(Cc1ccccc1)C(=O)CSc1ncnc2sc(C)c(C)c12. The third-order valence-corrected chi connectivity index (χ3v) is 6.49. The molecule has 142 valence electrons. The van der Waals surface area contributed by atoms with Crippen LogP contribution in [0.2, 0.25) is 0 Å². The Morgan fingerprint density at radius 3 is 2.74 bits per heavy atom. The molecular weight excluding hydrogens is 378 g/mol. The second-order valence-corrected chi connectivity index (χ2v) is 8.39. The minimum atomic E-state index is 0.0808. The van der Waals surface area contributed by atoms with Crippen LogP contribution in [-0.4, -0.2) is 46.8 Å². The lowest BCUT2D eigenvalue weighted by Gasteiger charge is -2.22. The molecule has 0 saturated heterocycles. The average Bonchev–Trinajstić information content (AvgIpc) is 2.98. The first-order valence-corrected chi connectivity index (χ1v) is 10.5. The maximum atomic E-state index is 12.9. The number of methoxy groups -OCH3 is 1. The molecule has 5 nitrogen and oxygen atoms in total. The van der Waals surface area contributed by atoms with Crippen molar-refractivity contribution in [2.24, 2.45) is 0 Å². The number of hydrogen-bond donors (Lipinski definition) is 0. The van der Waals surface area contributed by atoms with E-state index in [4.69, 9.17) is 4.74 Å². The van der Waals surface area contributed by atoms with E-state index in [1.54, 1.807) is 24.8 Å². The highest BCUT2D eigenvalue weighted by Crippen LogP contribution is 2.34. The number of rotatable bonds is 8. The number of nitrogens with zero attached hydrogens (tertiary/aromatic N) is 3. The smallest absolute Gasteiger partial charge is 0.233 e. The predicted molar refractivity (Wildman–Crippen MR) is 111 cm³/mol. The van der Waals surface area contributed by atoms with Crippen LogP contribution in [0, 0.1) is 13.8 Å². The molecule has 0 atom stereocenters. The monoisotopic (exact) mass is 401 g/mol. The van der Waals surface area contributed by atoms with Crippen molar-refractivity contribution in [1.29, 1.82) is 0 Å². The van der Waals surface area contributed by atoms with Gasteiger partial charge in [-0.3, -0.25) is 4.79 Å². The van der Waals surface area contributed by atoms with E-state index < -0.39 is 0 Å². The molecule has 1 amide bonds. The number of aromatic nitrogens is 2. The Morgan fingerprint density at radius 2 is 2.00 bits per heavy atom. The average molecular weight is 402 g/mol. The van der Waals surface area contributed by atoms with Crippen LogP contribution in [0.4, 0.5) is 0 Å². The third-order valence-electron chi connectivity index (χ3n) is 4.40. The fourth-order valence-electron chi connectivity index (χ4n) is 2.78. The topological polar surface area (TPSA) is 55.3 Å². The van der Waals surface area contributed by atoms with E-state index in [0.717, 1.165) is 20.8 Å². The zero-order chi connectivity index (χ0) is 19.2. The summed E-state index contributed by atoms with van der Waals surface area (Å²) in [5.74, 6) is 0.425. The summed E-state index contributed by atoms with van der Waals surface area (Å²) < 4.78 is 5.18. The Morgan fingerprint density at radius 1 is 1.22 bits per heavy atom. The van der Waals surface area contributed by atoms with Crippen LogP contribution in [0.3, 0.4) is 0 Å². The lowest BCUT2D eigenvalue weighted by atomic mass is 10.2. The number of fused-ring (bicyclic) bond motifs is 1. The highest BCUT2D eigenvalue weighted by atomic mass is 32.2. The highest BCUT2D eigenvalue weighted by molar-refractivity contribution is 8.00. The van der Waals surface area contributed by atoms with E-state index in [-0.39, 0.29) is 5.91 Å². The van der Waals surface area contributed by atoms with E-state index in [0.29, 0.717) is 25.4 Å². The molecule has 0 aliphatic rings. The standard InChI is InChI=1S/C20H23N3O2S2/c1-14-15(2)27-20-18(14)19(21-13-22-20)26-12-17(24)23(9-10-25-3)11-16-7-5-4-6-8-16/h4-8,13H,9-12H2,1-3H3. The fourth-order valence-corrected chi connectivity index (χ4v) is 4.80. The summed E-state index contributed by atoms with van der Waals surface area (Å²) >= 11 is 3.15. The number of thiophene rings is 1. The van der Waals surface area contributed by atoms with Crippen molar-refractivity contribution in [3.63, 3.8) is 0 Å². The van der Waals surface area contributed by atoms with Crippen LogP contribution in [0.15, 0.2) is 41.7 Å². The van der Waals surface area contributed by atoms with E-state index in [1.165, 1.54) is 22.2 Å². The maximum Gasteiger partial charge on any atom is 0.233 e. The summed E-state index contributed by atoms with van der Waals surface area (Å²) in [5, 5.41) is 1.95. The van der Waals surface area contributed by atoms with Crippen LogP contribution in [0.25, 0.3) is 10.2 Å². The van der Waals surface area contributed by atoms with Gasteiger partial charge < -0.3 is 9.64 Å². The van der Waals surface area contributed by atoms with Gasteiger partial charge in [-0.15, -0.1) is 11.3 Å². The van der Waals surface area contributed by atoms with E-state index in [1.807, 2.05) is 35.2 Å². The lowest BCUT2D eigenvalue weighted by molar-refractivity contribution is -0.129. The Balaban J connectivity index is 1.72. The number of carbonyl (C=O) groups excluding carboxylic acids is 1. The zero-order valence-corrected chi connectivity index (χ0v) is 17.4. The Kier molecular flexibility index (Phi) is 6.82. The molecule has 0 fully saturated rings. The van der Waals surface area contributed by atoms with E-state index in [9.17, 15) is 4.79 Å². The summed E-state index contributed by atoms with van der Waals surface area (Å²) in [6, 6.07) is 10.0. The number of ether oxygens (including phenoxy) is 1. The number of aryl methyl sites for hydroxylation is 2. The minimum absolute atomic E-state index is 0.0808. The first-order valence-electron chi connectivity index (χ1n) is 8.74. The molecule has 7 heteroatoms. The van der Waals surface area contributed by atoms with Crippen molar-refractivity contribution in [2.75, 3.05) is 26.0 Å². The second-order valence-electron chi connectivity index (χ2n) is 6.22. The van der Waals surface area contributed by atoms with Gasteiger partial charge in [-0.2, -0.15) is 0 Å². The van der Waals surface area contributed by atoms with Gasteiger partial charge in [-0.05, 0) is 25.0 Å². The molecule has 0 saturated carbocycles. The molecule has 0 N–H and O–H groups in total. The Labute approximate surface area is 167 Å². The van der Waals surface area contributed by atoms with Crippen molar-refractivity contribution in [3.05, 3.63) is 52.7 Å². The third kappa shape index (κ3) is 4.86. The number of hydrogen-bond acceptors (Lipinski definition) is 6. The summed E-state index contributed by atoms with van der Waals surface area (Å²) in [6.45, 7) is 5.85. The number of thioether (sulfide) groups is 1. The molecule has 1 aromatic carbocycles. The minimum Gasteiger partial charge on any atom is -0.383 e. The number of benzene rings is 1. The maximum absolute atomic E-state index is 12.9. The molecule has 3 rings (SSSR count). The summed E-state index contributed by atoms with van der Waals surface area (Å²) in [6.07, 6.45) is 1.58. The fraction of sp³-hybridized carbons (Fsp3) is 0.350. The molecule has 2 aromatic heterocycles. The van der Waals surface area contributed by atoms with Gasteiger partial charge in [0.25, 0.3) is 0 Å². The molecule has 0 bridgehead atoms. The van der Waals surface area contributed by atoms with Gasteiger partial charge in [-0.1, -0.05) is 42.1 Å².